The molecule has 7 heteroatoms. The monoisotopic (exact) mass is 374 g/mol. The predicted molar refractivity (Wildman–Crippen MR) is 104 cm³/mol. The van der Waals surface area contributed by atoms with Gasteiger partial charge in [0.2, 0.25) is 17.7 Å². The average Bonchev–Trinajstić information content (AvgIpc) is 2.84. The first-order valence-corrected chi connectivity index (χ1v) is 9.58. The number of carbonyl (C=O) groups is 3. The number of benzene rings is 1. The lowest BCUT2D eigenvalue weighted by atomic mass is 10.1. The minimum Gasteiger partial charge on any atom is -0.354 e. The molecular formula is C20H30N4O3. The maximum Gasteiger partial charge on any atom is 0.245 e. The van der Waals surface area contributed by atoms with Crippen molar-refractivity contribution in [3.8, 4) is 0 Å². The number of carbonyl (C=O) groups excluding carboxylic acids is 3. The van der Waals surface area contributed by atoms with Gasteiger partial charge in [0.25, 0.3) is 0 Å². The smallest absolute Gasteiger partial charge is 0.245 e. The predicted octanol–water partition coefficient (Wildman–Crippen LogP) is 0.451. The fraction of sp³-hybridized carbons (Fsp3) is 0.550. The zero-order valence-corrected chi connectivity index (χ0v) is 16.2. The Bertz CT molecular complexity index is 635. The van der Waals surface area contributed by atoms with Gasteiger partial charge in [-0.25, -0.2) is 0 Å². The first-order chi connectivity index (χ1) is 13.0. The van der Waals surface area contributed by atoms with E-state index < -0.39 is 6.04 Å². The van der Waals surface area contributed by atoms with Gasteiger partial charge in [-0.05, 0) is 45.2 Å². The molecule has 148 valence electrons. The summed E-state index contributed by atoms with van der Waals surface area (Å²) in [5.41, 5.74) is 1.16. The first kappa shape index (κ1) is 20.9. The summed E-state index contributed by atoms with van der Waals surface area (Å²) in [6, 6.07) is 9.00. The summed E-state index contributed by atoms with van der Waals surface area (Å²) < 4.78 is 0. The zero-order valence-electron chi connectivity index (χ0n) is 16.2. The van der Waals surface area contributed by atoms with Crippen LogP contribution >= 0.6 is 0 Å². The van der Waals surface area contributed by atoms with Gasteiger partial charge in [0.1, 0.15) is 6.04 Å². The van der Waals surface area contributed by atoms with E-state index in [4.69, 9.17) is 0 Å². The van der Waals surface area contributed by atoms with E-state index in [9.17, 15) is 14.4 Å². The normalized spacial score (nSPS) is 18.5. The van der Waals surface area contributed by atoms with Gasteiger partial charge in [-0.3, -0.25) is 14.4 Å². The highest BCUT2D eigenvalue weighted by Gasteiger charge is 2.30. The van der Waals surface area contributed by atoms with Crippen LogP contribution in [0.15, 0.2) is 30.3 Å². The molecule has 27 heavy (non-hydrogen) atoms. The van der Waals surface area contributed by atoms with Crippen molar-refractivity contribution in [2.24, 2.45) is 0 Å². The topological polar surface area (TPSA) is 90.5 Å². The van der Waals surface area contributed by atoms with E-state index in [1.807, 2.05) is 30.3 Å². The highest BCUT2D eigenvalue weighted by molar-refractivity contribution is 5.91. The Morgan fingerprint density at radius 3 is 2.67 bits per heavy atom. The summed E-state index contributed by atoms with van der Waals surface area (Å²) in [4.78, 5) is 38.6. The zero-order chi connectivity index (χ0) is 19.6. The van der Waals surface area contributed by atoms with Gasteiger partial charge in [-0.1, -0.05) is 30.3 Å². The van der Waals surface area contributed by atoms with Crippen LogP contribution in [0, 0.1) is 0 Å². The van der Waals surface area contributed by atoms with Crippen LogP contribution in [0.4, 0.5) is 0 Å². The van der Waals surface area contributed by atoms with Gasteiger partial charge >= 0.3 is 0 Å². The van der Waals surface area contributed by atoms with Crippen molar-refractivity contribution in [1.29, 1.82) is 0 Å². The van der Waals surface area contributed by atoms with Crippen molar-refractivity contribution in [3.63, 3.8) is 0 Å². The molecule has 1 aromatic carbocycles. The second kappa shape index (κ2) is 10.7. The number of likely N-dealkylation sites (tertiary alicyclic amines) is 1. The van der Waals surface area contributed by atoms with Crippen molar-refractivity contribution in [3.05, 3.63) is 35.9 Å². The molecule has 0 aromatic heterocycles. The molecule has 1 saturated heterocycles. The van der Waals surface area contributed by atoms with Crippen molar-refractivity contribution < 1.29 is 14.4 Å². The van der Waals surface area contributed by atoms with Crippen LogP contribution in [0.25, 0.3) is 0 Å². The molecule has 1 heterocycles. The van der Waals surface area contributed by atoms with Crippen LogP contribution in [0.2, 0.25) is 0 Å². The lowest BCUT2D eigenvalue weighted by Crippen LogP contribution is -2.53. The molecule has 3 amide bonds. The van der Waals surface area contributed by atoms with Crippen LogP contribution < -0.4 is 16.0 Å². The summed E-state index contributed by atoms with van der Waals surface area (Å²) in [5.74, 6) is -0.553. The molecule has 0 saturated carbocycles. The van der Waals surface area contributed by atoms with E-state index in [2.05, 4.69) is 16.0 Å². The Hall–Kier alpha value is -2.41. The van der Waals surface area contributed by atoms with Crippen molar-refractivity contribution in [2.75, 3.05) is 26.7 Å². The molecule has 0 bridgehead atoms. The van der Waals surface area contributed by atoms with Crippen LogP contribution in [-0.2, 0) is 20.8 Å². The molecule has 2 unspecified atom stereocenters. The molecule has 0 radical (unpaired) electrons. The lowest BCUT2D eigenvalue weighted by molar-refractivity contribution is -0.139. The fourth-order valence-electron chi connectivity index (χ4n) is 3.04. The van der Waals surface area contributed by atoms with Crippen LogP contribution in [-0.4, -0.2) is 61.4 Å². The standard InChI is InChI=1S/C20H30N4O3/c1-15(21-2)19(26)23-17-10-6-7-13-24(20(17)27)14-18(25)22-12-11-16-8-4-3-5-9-16/h3-5,8-9,15,17,21H,6-7,10-14H2,1-2H3,(H,22,25)(H,23,26). The molecule has 0 spiro atoms. The Balaban J connectivity index is 1.83. The van der Waals surface area contributed by atoms with E-state index in [0.29, 0.717) is 19.5 Å². The quantitative estimate of drug-likeness (QED) is 0.616. The summed E-state index contributed by atoms with van der Waals surface area (Å²) >= 11 is 0. The SMILES string of the molecule is CNC(C)C(=O)NC1CCCCN(CC(=O)NCCc2ccccc2)C1=O. The molecule has 1 aliphatic heterocycles. The first-order valence-electron chi connectivity index (χ1n) is 9.58. The molecule has 1 fully saturated rings. The lowest BCUT2D eigenvalue weighted by Gasteiger charge is -2.25. The number of nitrogens with one attached hydrogen (secondary N) is 3. The van der Waals surface area contributed by atoms with E-state index in [1.54, 1.807) is 18.9 Å². The number of nitrogens with zero attached hydrogens (tertiary/aromatic N) is 1. The second-order valence-corrected chi connectivity index (χ2v) is 6.91. The molecule has 2 atom stereocenters. The fourth-order valence-corrected chi connectivity index (χ4v) is 3.04. The minimum absolute atomic E-state index is 0.0293. The van der Waals surface area contributed by atoms with Gasteiger partial charge in [0.05, 0.1) is 12.6 Å². The average molecular weight is 374 g/mol. The van der Waals surface area contributed by atoms with Crippen LogP contribution in [0.5, 0.6) is 0 Å². The molecule has 1 aliphatic rings. The molecule has 1 aromatic rings. The summed E-state index contributed by atoms with van der Waals surface area (Å²) in [5, 5.41) is 8.54. The van der Waals surface area contributed by atoms with Gasteiger partial charge in [0, 0.05) is 13.1 Å². The summed E-state index contributed by atoms with van der Waals surface area (Å²) in [6.07, 6.45) is 3.03. The third-order valence-electron chi connectivity index (χ3n) is 4.84. The van der Waals surface area contributed by atoms with E-state index in [1.165, 1.54) is 0 Å². The second-order valence-electron chi connectivity index (χ2n) is 6.91. The van der Waals surface area contributed by atoms with Crippen molar-refractivity contribution in [2.45, 2.75) is 44.7 Å². The largest absolute Gasteiger partial charge is 0.354 e. The highest BCUT2D eigenvalue weighted by Crippen LogP contribution is 2.12. The molecule has 3 N–H and O–H groups in total. The minimum atomic E-state index is -0.562. The number of amides is 3. The van der Waals surface area contributed by atoms with Crippen molar-refractivity contribution in [1.82, 2.24) is 20.9 Å². The Kier molecular flexibility index (Phi) is 8.26. The Morgan fingerprint density at radius 2 is 1.96 bits per heavy atom. The number of hydrogen-bond acceptors (Lipinski definition) is 4. The molecule has 7 nitrogen and oxygen atoms in total. The Morgan fingerprint density at radius 1 is 1.22 bits per heavy atom. The van der Waals surface area contributed by atoms with Gasteiger partial charge in [-0.15, -0.1) is 0 Å². The summed E-state index contributed by atoms with van der Waals surface area (Å²) in [7, 11) is 1.70. The molecule has 0 aliphatic carbocycles. The van der Waals surface area contributed by atoms with Crippen LogP contribution in [0.1, 0.15) is 31.7 Å². The third kappa shape index (κ3) is 6.67. The van der Waals surface area contributed by atoms with Gasteiger partial charge in [-0.2, -0.15) is 0 Å². The molecule has 2 rings (SSSR count). The highest BCUT2D eigenvalue weighted by atomic mass is 16.2. The maximum absolute atomic E-state index is 12.7. The number of hydrogen-bond donors (Lipinski definition) is 3. The number of rotatable bonds is 8. The third-order valence-corrected chi connectivity index (χ3v) is 4.84. The van der Waals surface area contributed by atoms with Crippen LogP contribution in [0.3, 0.4) is 0 Å². The van der Waals surface area contributed by atoms with Crippen molar-refractivity contribution >= 4 is 17.7 Å². The molecular weight excluding hydrogens is 344 g/mol. The van der Waals surface area contributed by atoms with Gasteiger partial charge in [0.15, 0.2) is 0 Å². The van der Waals surface area contributed by atoms with Gasteiger partial charge < -0.3 is 20.9 Å². The Labute approximate surface area is 160 Å². The van der Waals surface area contributed by atoms with E-state index >= 15 is 0 Å². The maximum atomic E-state index is 12.7. The van der Waals surface area contributed by atoms with E-state index in [0.717, 1.165) is 24.8 Å². The summed E-state index contributed by atoms with van der Waals surface area (Å²) in [6.45, 7) is 2.85. The number of likely N-dealkylation sites (N-methyl/N-ethyl adjacent to an activating group) is 1. The van der Waals surface area contributed by atoms with E-state index in [-0.39, 0.29) is 30.3 Å².